The summed E-state index contributed by atoms with van der Waals surface area (Å²) in [4.78, 5) is 18.5. The van der Waals surface area contributed by atoms with Crippen LogP contribution >= 0.6 is 0 Å². The van der Waals surface area contributed by atoms with E-state index in [0.717, 1.165) is 43.3 Å². The predicted octanol–water partition coefficient (Wildman–Crippen LogP) is 1.67. The van der Waals surface area contributed by atoms with Crippen LogP contribution in [0.5, 0.6) is 5.75 Å². The summed E-state index contributed by atoms with van der Waals surface area (Å²) in [6.45, 7) is 4.26. The Morgan fingerprint density at radius 1 is 1.32 bits per heavy atom. The van der Waals surface area contributed by atoms with Crippen molar-refractivity contribution < 1.29 is 9.53 Å². The van der Waals surface area contributed by atoms with Gasteiger partial charge in [0, 0.05) is 45.3 Å². The Morgan fingerprint density at radius 2 is 2.08 bits per heavy atom. The molecular formula is C19H26N4O2. The molecule has 1 aromatic carbocycles. The molecule has 3 rings (SSSR count). The van der Waals surface area contributed by atoms with Crippen LogP contribution in [0, 0.1) is 6.92 Å². The number of amides is 1. The van der Waals surface area contributed by atoms with E-state index in [0.29, 0.717) is 6.42 Å². The van der Waals surface area contributed by atoms with E-state index in [1.165, 1.54) is 5.56 Å². The number of likely N-dealkylation sites (tertiary alicyclic amines) is 1. The molecule has 1 aromatic heterocycles. The number of nitrogens with one attached hydrogen (secondary N) is 1. The van der Waals surface area contributed by atoms with E-state index in [1.807, 2.05) is 37.2 Å². The standard InChI is InChI=1S/C19H26N4O2/c1-14-20-11-17(22(14)2)12-21-16-10-19(24)23(13-16)9-8-15-4-6-18(25-3)7-5-15/h4-7,11,16,21H,8-10,12-13H2,1-3H3. The fourth-order valence-electron chi connectivity index (χ4n) is 3.14. The van der Waals surface area contributed by atoms with Crippen LogP contribution < -0.4 is 10.1 Å². The number of carbonyl (C=O) groups excluding carboxylic acids is 1. The Kier molecular flexibility index (Phi) is 5.38. The van der Waals surface area contributed by atoms with Gasteiger partial charge in [0.15, 0.2) is 0 Å². The number of imidazole rings is 1. The number of nitrogens with zero attached hydrogens (tertiary/aromatic N) is 3. The highest BCUT2D eigenvalue weighted by Gasteiger charge is 2.28. The second-order valence-corrected chi connectivity index (χ2v) is 6.58. The number of methoxy groups -OCH3 is 1. The summed E-state index contributed by atoms with van der Waals surface area (Å²) < 4.78 is 7.25. The summed E-state index contributed by atoms with van der Waals surface area (Å²) in [5, 5.41) is 3.49. The number of hydrogen-bond acceptors (Lipinski definition) is 4. The van der Waals surface area contributed by atoms with Gasteiger partial charge in [0.2, 0.25) is 5.91 Å². The molecule has 0 radical (unpaired) electrons. The van der Waals surface area contributed by atoms with Gasteiger partial charge in [-0.15, -0.1) is 0 Å². The Balaban J connectivity index is 1.47. The number of aromatic nitrogens is 2. The topological polar surface area (TPSA) is 59.4 Å². The van der Waals surface area contributed by atoms with Crippen LogP contribution in [0.4, 0.5) is 0 Å². The summed E-state index contributed by atoms with van der Waals surface area (Å²) in [6.07, 6.45) is 3.32. The monoisotopic (exact) mass is 342 g/mol. The van der Waals surface area contributed by atoms with E-state index in [1.54, 1.807) is 7.11 Å². The first kappa shape index (κ1) is 17.5. The zero-order valence-corrected chi connectivity index (χ0v) is 15.2. The van der Waals surface area contributed by atoms with Crippen LogP contribution in [0.15, 0.2) is 30.5 Å². The molecule has 1 fully saturated rings. The molecule has 25 heavy (non-hydrogen) atoms. The maximum absolute atomic E-state index is 12.2. The summed E-state index contributed by atoms with van der Waals surface area (Å²) in [7, 11) is 3.68. The third-order valence-electron chi connectivity index (χ3n) is 4.93. The minimum absolute atomic E-state index is 0.207. The number of ether oxygens (including phenoxy) is 1. The van der Waals surface area contributed by atoms with E-state index >= 15 is 0 Å². The summed E-state index contributed by atoms with van der Waals surface area (Å²) >= 11 is 0. The predicted molar refractivity (Wildman–Crippen MR) is 96.5 cm³/mol. The lowest BCUT2D eigenvalue weighted by atomic mass is 10.1. The van der Waals surface area contributed by atoms with Crippen molar-refractivity contribution in [2.24, 2.45) is 7.05 Å². The van der Waals surface area contributed by atoms with Crippen molar-refractivity contribution in [1.82, 2.24) is 19.8 Å². The maximum atomic E-state index is 12.2. The summed E-state index contributed by atoms with van der Waals surface area (Å²) in [5.74, 6) is 2.09. The maximum Gasteiger partial charge on any atom is 0.224 e. The van der Waals surface area contributed by atoms with Gasteiger partial charge in [0.1, 0.15) is 11.6 Å². The van der Waals surface area contributed by atoms with Crippen molar-refractivity contribution in [3.63, 3.8) is 0 Å². The molecule has 6 heteroatoms. The first-order valence-corrected chi connectivity index (χ1v) is 8.68. The second-order valence-electron chi connectivity index (χ2n) is 6.58. The van der Waals surface area contributed by atoms with E-state index in [4.69, 9.17) is 4.74 Å². The number of rotatable bonds is 7. The van der Waals surface area contributed by atoms with Crippen LogP contribution in [0.1, 0.15) is 23.5 Å². The number of carbonyl (C=O) groups is 1. The van der Waals surface area contributed by atoms with E-state index < -0.39 is 0 Å². The van der Waals surface area contributed by atoms with Crippen molar-refractivity contribution in [3.8, 4) is 5.75 Å². The van der Waals surface area contributed by atoms with Gasteiger partial charge in [0.25, 0.3) is 0 Å². The molecule has 1 aliphatic heterocycles. The molecule has 2 aromatic rings. The SMILES string of the molecule is COc1ccc(CCN2CC(NCc3cnc(C)n3C)CC2=O)cc1. The second kappa shape index (κ2) is 7.70. The molecule has 1 unspecified atom stereocenters. The molecule has 1 aliphatic rings. The van der Waals surface area contributed by atoms with Crippen LogP contribution in [0.3, 0.4) is 0 Å². The average Bonchev–Trinajstić information content (AvgIpc) is 3.14. The van der Waals surface area contributed by atoms with Gasteiger partial charge in [-0.1, -0.05) is 12.1 Å². The van der Waals surface area contributed by atoms with Crippen LogP contribution in [-0.2, 0) is 24.8 Å². The quantitative estimate of drug-likeness (QED) is 0.832. The van der Waals surface area contributed by atoms with Gasteiger partial charge in [-0.3, -0.25) is 4.79 Å². The average molecular weight is 342 g/mol. The van der Waals surface area contributed by atoms with Gasteiger partial charge in [-0.25, -0.2) is 4.98 Å². The molecule has 1 amide bonds. The molecule has 6 nitrogen and oxygen atoms in total. The van der Waals surface area contributed by atoms with Crippen LogP contribution in [0.2, 0.25) is 0 Å². The summed E-state index contributed by atoms with van der Waals surface area (Å²) in [5.41, 5.74) is 2.36. The lowest BCUT2D eigenvalue weighted by molar-refractivity contribution is -0.127. The highest BCUT2D eigenvalue weighted by Crippen LogP contribution is 2.15. The lowest BCUT2D eigenvalue weighted by Crippen LogP contribution is -2.33. The van der Waals surface area contributed by atoms with Gasteiger partial charge < -0.3 is 19.5 Å². The molecule has 1 N–H and O–H groups in total. The fraction of sp³-hybridized carbons (Fsp3) is 0.474. The van der Waals surface area contributed by atoms with Gasteiger partial charge in [0.05, 0.1) is 12.8 Å². The first-order chi connectivity index (χ1) is 12.1. The van der Waals surface area contributed by atoms with Crippen molar-refractivity contribution in [1.29, 1.82) is 0 Å². The zero-order valence-electron chi connectivity index (χ0n) is 15.2. The van der Waals surface area contributed by atoms with Crippen molar-refractivity contribution in [2.45, 2.75) is 32.4 Å². The van der Waals surface area contributed by atoms with Crippen LogP contribution in [0.25, 0.3) is 0 Å². The van der Waals surface area contributed by atoms with Crippen LogP contribution in [-0.4, -0.2) is 46.6 Å². The van der Waals surface area contributed by atoms with E-state index in [9.17, 15) is 4.79 Å². The molecular weight excluding hydrogens is 316 g/mol. The molecule has 1 saturated heterocycles. The molecule has 0 bridgehead atoms. The van der Waals surface area contributed by atoms with E-state index in [-0.39, 0.29) is 11.9 Å². The normalized spacial score (nSPS) is 17.3. The number of hydrogen-bond donors (Lipinski definition) is 1. The van der Waals surface area contributed by atoms with Gasteiger partial charge in [-0.05, 0) is 31.0 Å². The molecule has 2 heterocycles. The minimum Gasteiger partial charge on any atom is -0.497 e. The fourth-order valence-corrected chi connectivity index (χ4v) is 3.14. The highest BCUT2D eigenvalue weighted by atomic mass is 16.5. The zero-order chi connectivity index (χ0) is 17.8. The molecule has 0 saturated carbocycles. The third-order valence-corrected chi connectivity index (χ3v) is 4.93. The molecule has 134 valence electrons. The van der Waals surface area contributed by atoms with Crippen molar-refractivity contribution >= 4 is 5.91 Å². The van der Waals surface area contributed by atoms with E-state index in [2.05, 4.69) is 27.0 Å². The number of aryl methyl sites for hydroxylation is 1. The molecule has 0 spiro atoms. The smallest absolute Gasteiger partial charge is 0.224 e. The van der Waals surface area contributed by atoms with Crippen molar-refractivity contribution in [3.05, 3.63) is 47.5 Å². The molecule has 1 atom stereocenters. The molecule has 0 aliphatic carbocycles. The Bertz CT molecular complexity index is 724. The Hall–Kier alpha value is -2.34. The van der Waals surface area contributed by atoms with Gasteiger partial charge in [-0.2, -0.15) is 0 Å². The Morgan fingerprint density at radius 3 is 2.72 bits per heavy atom. The minimum atomic E-state index is 0.207. The van der Waals surface area contributed by atoms with Gasteiger partial charge >= 0.3 is 0 Å². The number of benzene rings is 1. The third kappa shape index (κ3) is 4.20. The largest absolute Gasteiger partial charge is 0.497 e. The first-order valence-electron chi connectivity index (χ1n) is 8.68. The van der Waals surface area contributed by atoms with Crippen molar-refractivity contribution in [2.75, 3.05) is 20.2 Å². The highest BCUT2D eigenvalue weighted by molar-refractivity contribution is 5.79. The lowest BCUT2D eigenvalue weighted by Gasteiger charge is -2.17. The Labute approximate surface area is 148 Å². The summed E-state index contributed by atoms with van der Waals surface area (Å²) in [6, 6.07) is 8.24.